The van der Waals surface area contributed by atoms with Crippen molar-refractivity contribution < 1.29 is 18.7 Å². The number of hydrogen-bond donors (Lipinski definition) is 1. The maximum Gasteiger partial charge on any atom is 0.293 e. The predicted octanol–water partition coefficient (Wildman–Crippen LogP) is 4.79. The van der Waals surface area contributed by atoms with Crippen molar-refractivity contribution in [3.8, 4) is 0 Å². The average Bonchev–Trinajstić information content (AvgIpc) is 3.19. The summed E-state index contributed by atoms with van der Waals surface area (Å²) >= 11 is 3.20. The normalized spacial score (nSPS) is 14.6. The molecule has 0 unspecified atom stereocenters. The zero-order valence-electron chi connectivity index (χ0n) is 16.7. The molecule has 7 heteroatoms. The lowest BCUT2D eigenvalue weighted by Gasteiger charge is -2.22. The summed E-state index contributed by atoms with van der Waals surface area (Å²) in [5.41, 5.74) is 0.975. The first-order valence-corrected chi connectivity index (χ1v) is 10.9. The Balaban J connectivity index is 1.53. The number of benzene rings is 1. The molecule has 0 aliphatic heterocycles. The third-order valence-corrected chi connectivity index (χ3v) is 5.54. The first-order valence-electron chi connectivity index (χ1n) is 10.1. The van der Waals surface area contributed by atoms with Crippen LogP contribution in [0.2, 0.25) is 0 Å². The average molecular weight is 463 g/mol. The molecule has 29 heavy (non-hydrogen) atoms. The molecule has 156 valence electrons. The summed E-state index contributed by atoms with van der Waals surface area (Å²) in [6.07, 6.45) is 7.24. The van der Waals surface area contributed by atoms with Gasteiger partial charge in [0.15, 0.2) is 10.4 Å². The number of amides is 2. The monoisotopic (exact) mass is 462 g/mol. The molecule has 3 rings (SSSR count). The van der Waals surface area contributed by atoms with Crippen molar-refractivity contribution in [2.75, 3.05) is 25.1 Å². The summed E-state index contributed by atoms with van der Waals surface area (Å²) < 4.78 is 11.7. The van der Waals surface area contributed by atoms with Crippen molar-refractivity contribution >= 4 is 33.4 Å². The van der Waals surface area contributed by atoms with E-state index in [2.05, 4.69) is 21.2 Å². The highest BCUT2D eigenvalue weighted by molar-refractivity contribution is 9.10. The second kappa shape index (κ2) is 10.6. The molecule has 0 radical (unpaired) electrons. The van der Waals surface area contributed by atoms with Crippen molar-refractivity contribution in [1.82, 2.24) is 5.32 Å². The minimum absolute atomic E-state index is 0.203. The first-order chi connectivity index (χ1) is 14.1. The molecule has 2 aromatic rings. The molecule has 6 nitrogen and oxygen atoms in total. The maximum atomic E-state index is 12.7. The molecule has 1 saturated carbocycles. The smallest absolute Gasteiger partial charge is 0.293 e. The third-order valence-electron chi connectivity index (χ3n) is 5.11. The van der Waals surface area contributed by atoms with Gasteiger partial charge in [0.1, 0.15) is 0 Å². The van der Waals surface area contributed by atoms with Crippen LogP contribution < -0.4 is 10.2 Å². The Hall–Kier alpha value is -2.12. The van der Waals surface area contributed by atoms with Crippen LogP contribution in [0.15, 0.2) is 45.5 Å². The fourth-order valence-corrected chi connectivity index (χ4v) is 3.82. The van der Waals surface area contributed by atoms with Gasteiger partial charge in [-0.2, -0.15) is 0 Å². The summed E-state index contributed by atoms with van der Waals surface area (Å²) in [4.78, 5) is 26.7. The molecule has 1 aliphatic carbocycles. The van der Waals surface area contributed by atoms with Crippen LogP contribution in [0.25, 0.3) is 0 Å². The summed E-state index contributed by atoms with van der Waals surface area (Å²) in [5.74, 6) is -0.329. The van der Waals surface area contributed by atoms with Gasteiger partial charge in [-0.1, -0.05) is 31.4 Å². The Bertz CT molecular complexity index is 830. The Morgan fingerprint density at radius 1 is 1.17 bits per heavy atom. The molecule has 0 atom stereocenters. The van der Waals surface area contributed by atoms with Crippen LogP contribution in [0.5, 0.6) is 0 Å². The number of nitrogens with one attached hydrogen (secondary N) is 1. The number of hydrogen-bond acceptors (Lipinski definition) is 4. The molecule has 2 amide bonds. The number of anilines is 1. The summed E-state index contributed by atoms with van der Waals surface area (Å²) in [7, 11) is 1.63. The second-order valence-corrected chi connectivity index (χ2v) is 8.01. The SMILES string of the molecule is CN(C(=O)c1ccc(Br)o1)c1ccccc1C(=O)NCCCOC1CCCCC1. The number of furan rings is 1. The number of rotatable bonds is 8. The maximum absolute atomic E-state index is 12.7. The molecule has 1 aromatic heterocycles. The Labute approximate surface area is 179 Å². The van der Waals surface area contributed by atoms with Gasteiger partial charge in [-0.3, -0.25) is 9.59 Å². The minimum Gasteiger partial charge on any atom is -0.444 e. The number of para-hydroxylation sites is 1. The molecule has 0 bridgehead atoms. The van der Waals surface area contributed by atoms with Gasteiger partial charge in [-0.25, -0.2) is 0 Å². The molecular weight excluding hydrogens is 436 g/mol. The van der Waals surface area contributed by atoms with E-state index in [0.29, 0.717) is 35.2 Å². The molecular formula is C22H27BrN2O4. The van der Waals surface area contributed by atoms with Crippen LogP contribution in [-0.4, -0.2) is 38.1 Å². The predicted molar refractivity (Wildman–Crippen MR) is 115 cm³/mol. The van der Waals surface area contributed by atoms with Crippen molar-refractivity contribution in [2.45, 2.75) is 44.6 Å². The Morgan fingerprint density at radius 2 is 1.93 bits per heavy atom. The molecule has 1 heterocycles. The molecule has 0 saturated heterocycles. The molecule has 1 aromatic carbocycles. The van der Waals surface area contributed by atoms with Crippen LogP contribution in [0.3, 0.4) is 0 Å². The van der Waals surface area contributed by atoms with E-state index in [4.69, 9.17) is 9.15 Å². The lowest BCUT2D eigenvalue weighted by molar-refractivity contribution is 0.0273. The van der Waals surface area contributed by atoms with Gasteiger partial charge in [0.05, 0.1) is 17.4 Å². The summed E-state index contributed by atoms with van der Waals surface area (Å²) in [6, 6.07) is 10.3. The number of nitrogens with zero attached hydrogens (tertiary/aromatic N) is 1. The van der Waals surface area contributed by atoms with E-state index in [1.165, 1.54) is 24.2 Å². The molecule has 1 fully saturated rings. The van der Waals surface area contributed by atoms with Crippen molar-refractivity contribution in [3.63, 3.8) is 0 Å². The molecule has 1 N–H and O–H groups in total. The number of carbonyl (C=O) groups is 2. The van der Waals surface area contributed by atoms with Crippen LogP contribution in [-0.2, 0) is 4.74 Å². The lowest BCUT2D eigenvalue weighted by Crippen LogP contribution is -2.31. The number of ether oxygens (including phenoxy) is 1. The van der Waals surface area contributed by atoms with Crippen LogP contribution >= 0.6 is 15.9 Å². The summed E-state index contributed by atoms with van der Waals surface area (Å²) in [6.45, 7) is 1.18. The zero-order valence-corrected chi connectivity index (χ0v) is 18.2. The van der Waals surface area contributed by atoms with Gasteiger partial charge >= 0.3 is 0 Å². The zero-order chi connectivity index (χ0) is 20.6. The number of halogens is 1. The number of carbonyl (C=O) groups excluding carboxylic acids is 2. The van der Waals surface area contributed by atoms with Gasteiger partial charge in [0, 0.05) is 20.2 Å². The second-order valence-electron chi connectivity index (χ2n) is 7.23. The van der Waals surface area contributed by atoms with Crippen LogP contribution in [0.1, 0.15) is 59.4 Å². The van der Waals surface area contributed by atoms with E-state index in [0.717, 1.165) is 19.3 Å². The Morgan fingerprint density at radius 3 is 2.66 bits per heavy atom. The van der Waals surface area contributed by atoms with E-state index in [1.54, 1.807) is 43.4 Å². The van der Waals surface area contributed by atoms with Crippen molar-refractivity contribution in [1.29, 1.82) is 0 Å². The van der Waals surface area contributed by atoms with Gasteiger partial charge in [-0.15, -0.1) is 0 Å². The van der Waals surface area contributed by atoms with Gasteiger partial charge in [-0.05, 0) is 59.5 Å². The fraction of sp³-hybridized carbons (Fsp3) is 0.455. The van der Waals surface area contributed by atoms with Crippen molar-refractivity contribution in [3.05, 3.63) is 52.4 Å². The highest BCUT2D eigenvalue weighted by atomic mass is 79.9. The van der Waals surface area contributed by atoms with E-state index >= 15 is 0 Å². The first kappa shape index (κ1) is 21.6. The van der Waals surface area contributed by atoms with Gasteiger partial charge in [0.2, 0.25) is 0 Å². The van der Waals surface area contributed by atoms with Gasteiger partial charge in [0.25, 0.3) is 11.8 Å². The van der Waals surface area contributed by atoms with E-state index in [1.807, 2.05) is 0 Å². The van der Waals surface area contributed by atoms with E-state index < -0.39 is 0 Å². The molecule has 0 spiro atoms. The van der Waals surface area contributed by atoms with Crippen molar-refractivity contribution in [2.24, 2.45) is 0 Å². The fourth-order valence-electron chi connectivity index (χ4n) is 3.51. The van der Waals surface area contributed by atoms with Crippen LogP contribution in [0.4, 0.5) is 5.69 Å². The highest BCUT2D eigenvalue weighted by Crippen LogP contribution is 2.23. The summed E-state index contributed by atoms with van der Waals surface area (Å²) in [5, 5.41) is 2.93. The standard InChI is InChI=1S/C22H27BrN2O4/c1-25(22(27)19-12-13-20(23)29-19)18-11-6-5-10-17(18)21(26)24-14-7-15-28-16-8-3-2-4-9-16/h5-6,10-13,16H,2-4,7-9,14-15H2,1H3,(H,24,26). The third kappa shape index (κ3) is 5.93. The topological polar surface area (TPSA) is 71.8 Å². The van der Waals surface area contributed by atoms with Crippen LogP contribution in [0, 0.1) is 0 Å². The quantitative estimate of drug-likeness (QED) is 0.572. The largest absolute Gasteiger partial charge is 0.444 e. The highest BCUT2D eigenvalue weighted by Gasteiger charge is 2.21. The van der Waals surface area contributed by atoms with Gasteiger partial charge < -0.3 is 19.4 Å². The Kier molecular flexibility index (Phi) is 7.89. The molecule has 1 aliphatic rings. The lowest BCUT2D eigenvalue weighted by atomic mass is 9.98. The minimum atomic E-state index is -0.322. The van der Waals surface area contributed by atoms with E-state index in [-0.39, 0.29) is 17.6 Å². The van der Waals surface area contributed by atoms with E-state index in [9.17, 15) is 9.59 Å².